The van der Waals surface area contributed by atoms with E-state index in [-0.39, 0.29) is 11.9 Å². The molecule has 1 amide bonds. The van der Waals surface area contributed by atoms with Gasteiger partial charge in [-0.25, -0.2) is 8.42 Å². The second kappa shape index (κ2) is 8.57. The summed E-state index contributed by atoms with van der Waals surface area (Å²) in [6.45, 7) is 7.65. The lowest BCUT2D eigenvalue weighted by Crippen LogP contribution is -2.49. The van der Waals surface area contributed by atoms with Gasteiger partial charge in [0, 0.05) is 0 Å². The first-order chi connectivity index (χ1) is 12.6. The van der Waals surface area contributed by atoms with Crippen molar-refractivity contribution in [2.45, 2.75) is 46.2 Å². The van der Waals surface area contributed by atoms with E-state index in [0.29, 0.717) is 12.1 Å². The van der Waals surface area contributed by atoms with Crippen LogP contribution in [0.4, 0.5) is 5.69 Å². The largest absolute Gasteiger partial charge is 0.348 e. The first-order valence-electron chi connectivity index (χ1n) is 9.06. The molecular weight excluding hydrogens is 360 g/mol. The highest BCUT2D eigenvalue weighted by Gasteiger charge is 2.32. The summed E-state index contributed by atoms with van der Waals surface area (Å²) in [5.74, 6) is -0.309. The van der Waals surface area contributed by atoms with Gasteiger partial charge in [0.1, 0.15) is 6.04 Å². The lowest BCUT2D eigenvalue weighted by Gasteiger charge is -2.31. The molecule has 0 bridgehead atoms. The summed E-state index contributed by atoms with van der Waals surface area (Å²) in [4.78, 5) is 12.9. The molecular formula is C21H28N2O3S. The highest BCUT2D eigenvalue weighted by Crippen LogP contribution is 2.24. The molecule has 0 aliphatic rings. The molecule has 0 saturated carbocycles. The molecule has 0 saturated heterocycles. The Labute approximate surface area is 162 Å². The number of nitrogens with one attached hydrogen (secondary N) is 1. The van der Waals surface area contributed by atoms with E-state index < -0.39 is 16.1 Å². The second-order valence-electron chi connectivity index (χ2n) is 6.96. The number of benzene rings is 2. The van der Waals surface area contributed by atoms with Crippen LogP contribution in [0, 0.1) is 13.8 Å². The van der Waals surface area contributed by atoms with Crippen molar-refractivity contribution in [2.24, 2.45) is 0 Å². The van der Waals surface area contributed by atoms with Gasteiger partial charge in [-0.05, 0) is 44.9 Å². The van der Waals surface area contributed by atoms with Gasteiger partial charge in [0.25, 0.3) is 0 Å². The van der Waals surface area contributed by atoms with Crippen LogP contribution in [0.15, 0.2) is 48.5 Å². The van der Waals surface area contributed by atoms with Gasteiger partial charge in [-0.15, -0.1) is 0 Å². The van der Waals surface area contributed by atoms with Gasteiger partial charge >= 0.3 is 0 Å². The molecule has 0 radical (unpaired) electrons. The van der Waals surface area contributed by atoms with E-state index in [1.165, 1.54) is 4.31 Å². The average molecular weight is 389 g/mol. The van der Waals surface area contributed by atoms with Crippen LogP contribution in [-0.4, -0.2) is 26.6 Å². The van der Waals surface area contributed by atoms with Crippen molar-refractivity contribution in [3.05, 3.63) is 65.2 Å². The summed E-state index contributed by atoms with van der Waals surface area (Å²) in [5.41, 5.74) is 3.64. The third-order valence-corrected chi connectivity index (χ3v) is 5.73. The first-order valence-corrected chi connectivity index (χ1v) is 10.9. The molecule has 0 spiro atoms. The Kier molecular flexibility index (Phi) is 6.65. The van der Waals surface area contributed by atoms with Gasteiger partial charge in [0.05, 0.1) is 18.0 Å². The number of carbonyl (C=O) groups excluding carboxylic acids is 1. The number of amides is 1. The fourth-order valence-electron chi connectivity index (χ4n) is 3.00. The normalized spacial score (nSPS) is 13.7. The molecule has 0 heterocycles. The number of carbonyl (C=O) groups is 1. The lowest BCUT2D eigenvalue weighted by molar-refractivity contribution is -0.122. The molecule has 27 heavy (non-hydrogen) atoms. The molecule has 0 fully saturated rings. The minimum Gasteiger partial charge on any atom is -0.348 e. The van der Waals surface area contributed by atoms with E-state index in [2.05, 4.69) is 5.32 Å². The van der Waals surface area contributed by atoms with Crippen molar-refractivity contribution < 1.29 is 13.2 Å². The smallest absolute Gasteiger partial charge is 0.244 e. The number of sulfonamides is 1. The number of nitrogens with zero attached hydrogens (tertiary/aromatic N) is 1. The highest BCUT2D eigenvalue weighted by atomic mass is 32.2. The highest BCUT2D eigenvalue weighted by molar-refractivity contribution is 7.92. The van der Waals surface area contributed by atoms with Gasteiger partial charge in [0.15, 0.2) is 0 Å². The van der Waals surface area contributed by atoms with Crippen molar-refractivity contribution in [1.82, 2.24) is 5.32 Å². The Bertz CT molecular complexity index is 875. The van der Waals surface area contributed by atoms with E-state index in [9.17, 15) is 13.2 Å². The van der Waals surface area contributed by atoms with Crippen molar-refractivity contribution in [3.63, 3.8) is 0 Å². The molecule has 2 aromatic carbocycles. The zero-order chi connectivity index (χ0) is 20.2. The van der Waals surface area contributed by atoms with Crippen LogP contribution in [0.2, 0.25) is 0 Å². The molecule has 0 aliphatic heterocycles. The molecule has 2 rings (SSSR count). The number of anilines is 1. The number of rotatable bonds is 7. The average Bonchev–Trinajstić information content (AvgIpc) is 2.60. The molecule has 0 unspecified atom stereocenters. The SMILES string of the molecule is CC[C@@H](C(=O)N[C@@H](C)c1ccc(C)cc1)N(c1ccc(C)cc1)S(C)(=O)=O. The van der Waals surface area contributed by atoms with E-state index in [1.807, 2.05) is 64.1 Å². The maximum atomic E-state index is 12.9. The zero-order valence-electron chi connectivity index (χ0n) is 16.6. The quantitative estimate of drug-likeness (QED) is 0.786. The first kappa shape index (κ1) is 21.0. The summed E-state index contributed by atoms with van der Waals surface area (Å²) >= 11 is 0. The van der Waals surface area contributed by atoms with Crippen LogP contribution in [0.1, 0.15) is 43.0 Å². The monoisotopic (exact) mass is 388 g/mol. The summed E-state index contributed by atoms with van der Waals surface area (Å²) in [6, 6.07) is 14.0. The van der Waals surface area contributed by atoms with Crippen molar-refractivity contribution >= 4 is 21.6 Å². The molecule has 5 nitrogen and oxygen atoms in total. The molecule has 0 aliphatic carbocycles. The Morgan fingerprint density at radius 3 is 1.93 bits per heavy atom. The Morgan fingerprint density at radius 1 is 1.00 bits per heavy atom. The van der Waals surface area contributed by atoms with Crippen LogP contribution in [0.5, 0.6) is 0 Å². The molecule has 1 N–H and O–H groups in total. The van der Waals surface area contributed by atoms with E-state index in [0.717, 1.165) is 22.9 Å². The standard InChI is InChI=1S/C21H28N2O3S/c1-6-20(21(24)22-17(4)18-11-7-15(2)8-12-18)23(27(5,25)26)19-13-9-16(3)10-14-19/h7-14,17,20H,6H2,1-5H3,(H,22,24)/t17-,20-/m0/s1. The summed E-state index contributed by atoms with van der Waals surface area (Å²) in [6.07, 6.45) is 1.50. The maximum Gasteiger partial charge on any atom is 0.244 e. The van der Waals surface area contributed by atoms with Gasteiger partial charge in [0.2, 0.25) is 15.9 Å². The third-order valence-electron chi connectivity index (χ3n) is 4.55. The molecule has 6 heteroatoms. The van der Waals surface area contributed by atoms with Crippen LogP contribution < -0.4 is 9.62 Å². The molecule has 0 aromatic heterocycles. The number of hydrogen-bond acceptors (Lipinski definition) is 3. The van der Waals surface area contributed by atoms with E-state index in [4.69, 9.17) is 0 Å². The van der Waals surface area contributed by atoms with Gasteiger partial charge in [-0.1, -0.05) is 54.4 Å². The van der Waals surface area contributed by atoms with Crippen LogP contribution in [0.3, 0.4) is 0 Å². The van der Waals surface area contributed by atoms with Crippen molar-refractivity contribution in [1.29, 1.82) is 0 Å². The second-order valence-corrected chi connectivity index (χ2v) is 8.82. The van der Waals surface area contributed by atoms with Gasteiger partial charge in [-0.2, -0.15) is 0 Å². The van der Waals surface area contributed by atoms with Crippen LogP contribution in [-0.2, 0) is 14.8 Å². The zero-order valence-corrected chi connectivity index (χ0v) is 17.4. The minimum absolute atomic E-state index is 0.216. The fourth-order valence-corrected chi connectivity index (χ4v) is 4.21. The Morgan fingerprint density at radius 2 is 1.48 bits per heavy atom. The van der Waals surface area contributed by atoms with Gasteiger partial charge < -0.3 is 5.32 Å². The Balaban J connectivity index is 2.28. The fraction of sp³-hybridized carbons (Fsp3) is 0.381. The third kappa shape index (κ3) is 5.32. The summed E-state index contributed by atoms with van der Waals surface area (Å²) in [7, 11) is -3.62. The molecule has 146 valence electrons. The lowest BCUT2D eigenvalue weighted by atomic mass is 10.1. The topological polar surface area (TPSA) is 66.5 Å². The van der Waals surface area contributed by atoms with Crippen molar-refractivity contribution in [3.8, 4) is 0 Å². The predicted molar refractivity (Wildman–Crippen MR) is 110 cm³/mol. The maximum absolute atomic E-state index is 12.9. The number of hydrogen-bond donors (Lipinski definition) is 1. The number of aryl methyl sites for hydroxylation is 2. The Hall–Kier alpha value is -2.34. The van der Waals surface area contributed by atoms with Crippen molar-refractivity contribution in [2.75, 3.05) is 10.6 Å². The van der Waals surface area contributed by atoms with Crippen LogP contribution in [0.25, 0.3) is 0 Å². The van der Waals surface area contributed by atoms with Gasteiger partial charge in [-0.3, -0.25) is 9.10 Å². The predicted octanol–water partition coefficient (Wildman–Crippen LogP) is 3.73. The minimum atomic E-state index is -3.62. The summed E-state index contributed by atoms with van der Waals surface area (Å²) in [5, 5.41) is 2.96. The van der Waals surface area contributed by atoms with E-state index in [1.54, 1.807) is 12.1 Å². The molecule has 2 aromatic rings. The summed E-state index contributed by atoms with van der Waals surface area (Å²) < 4.78 is 26.1. The van der Waals surface area contributed by atoms with E-state index >= 15 is 0 Å². The van der Waals surface area contributed by atoms with Crippen LogP contribution >= 0.6 is 0 Å². The molecule has 2 atom stereocenters.